The van der Waals surface area contributed by atoms with E-state index >= 15 is 0 Å². The van der Waals surface area contributed by atoms with E-state index in [1.165, 1.54) is 16.9 Å². The number of anilines is 1. The molecule has 2 aliphatic heterocycles. The average Bonchev–Trinajstić information content (AvgIpc) is 3.53. The first-order chi connectivity index (χ1) is 16.6. The van der Waals surface area contributed by atoms with Gasteiger partial charge in [0.05, 0.1) is 17.0 Å². The number of benzene rings is 1. The summed E-state index contributed by atoms with van der Waals surface area (Å²) >= 11 is 1.45. The van der Waals surface area contributed by atoms with E-state index in [0.29, 0.717) is 35.5 Å². The molecule has 35 heavy (non-hydrogen) atoms. The monoisotopic (exact) mass is 492 g/mol. The lowest BCUT2D eigenvalue weighted by Crippen LogP contribution is -2.40. The highest BCUT2D eigenvalue weighted by Gasteiger charge is 2.31. The minimum atomic E-state index is -0.927. The number of nitrogens with one attached hydrogen (secondary N) is 1. The minimum absolute atomic E-state index is 0.242. The van der Waals surface area contributed by atoms with Crippen molar-refractivity contribution in [2.75, 3.05) is 18.0 Å². The van der Waals surface area contributed by atoms with E-state index in [1.807, 2.05) is 29.4 Å². The third kappa shape index (κ3) is 6.34. The summed E-state index contributed by atoms with van der Waals surface area (Å²) in [7, 11) is 0. The second-order valence-corrected chi connectivity index (χ2v) is 11.7. The first-order valence-corrected chi connectivity index (χ1v) is 13.2. The summed E-state index contributed by atoms with van der Waals surface area (Å²) in [6.07, 6.45) is 5.09. The fraction of sp³-hybridized carbons (Fsp3) is 0.464. The van der Waals surface area contributed by atoms with Crippen LogP contribution in [0.5, 0.6) is 0 Å². The molecule has 4 rings (SSSR count). The number of thiophene rings is 1. The van der Waals surface area contributed by atoms with Crippen molar-refractivity contribution in [2.45, 2.75) is 59.6 Å². The van der Waals surface area contributed by atoms with E-state index in [2.05, 4.69) is 54.3 Å². The van der Waals surface area contributed by atoms with Crippen molar-refractivity contribution in [1.29, 1.82) is 0 Å². The number of amides is 1. The second-order valence-electron chi connectivity index (χ2n) is 10.6. The number of aliphatic imine (C=N–C) groups is 2. The van der Waals surface area contributed by atoms with E-state index in [9.17, 15) is 9.90 Å². The Morgan fingerprint density at radius 2 is 2.06 bits per heavy atom. The number of aliphatic hydroxyl groups is 1. The highest BCUT2D eigenvalue weighted by atomic mass is 32.1. The van der Waals surface area contributed by atoms with Gasteiger partial charge in [0.15, 0.2) is 0 Å². The van der Waals surface area contributed by atoms with Crippen molar-refractivity contribution >= 4 is 40.6 Å². The number of carbonyl (C=O) groups is 1. The highest BCUT2D eigenvalue weighted by molar-refractivity contribution is 7.15. The summed E-state index contributed by atoms with van der Waals surface area (Å²) in [5, 5.41) is 14.1. The molecule has 1 aromatic heterocycles. The Hall–Kier alpha value is -2.61. The van der Waals surface area contributed by atoms with Crippen LogP contribution >= 0.6 is 11.3 Å². The van der Waals surface area contributed by atoms with Crippen LogP contribution in [0.3, 0.4) is 0 Å². The molecule has 1 unspecified atom stereocenters. The summed E-state index contributed by atoms with van der Waals surface area (Å²) in [6.45, 7) is 12.5. The standard InChI is InChI=1S/C28H36N4O2S/c1-18(2)19(3)14-30-15-20-6-7-23-22(12-20)13-26(32(23)17-28(4,5)34)31-27(33)25-9-8-24(35-25)21-10-11-29-16-21/h6-9,11-12,16,18-19,30,34H,10,13-15,17H2,1-5H3. The molecule has 1 atom stereocenters. The van der Waals surface area contributed by atoms with Crippen molar-refractivity contribution in [3.05, 3.63) is 57.4 Å². The number of allylic oxidation sites excluding steroid dienone is 1. The lowest BCUT2D eigenvalue weighted by molar-refractivity contribution is 0.0901. The van der Waals surface area contributed by atoms with Gasteiger partial charge in [-0.2, -0.15) is 4.99 Å². The zero-order chi connectivity index (χ0) is 25.2. The molecular formula is C28H36N4O2S. The van der Waals surface area contributed by atoms with Crippen LogP contribution in [0.1, 0.15) is 66.7 Å². The molecule has 0 saturated carbocycles. The van der Waals surface area contributed by atoms with Crippen molar-refractivity contribution in [3.63, 3.8) is 0 Å². The summed E-state index contributed by atoms with van der Waals surface area (Å²) < 4.78 is 0. The number of hydrogen-bond acceptors (Lipinski definition) is 5. The Labute approximate surface area is 212 Å². The third-order valence-corrected chi connectivity index (χ3v) is 7.73. The summed E-state index contributed by atoms with van der Waals surface area (Å²) in [6, 6.07) is 10.2. The zero-order valence-electron chi connectivity index (χ0n) is 21.3. The van der Waals surface area contributed by atoms with Gasteiger partial charge in [-0.3, -0.25) is 9.79 Å². The minimum Gasteiger partial charge on any atom is -0.389 e. The van der Waals surface area contributed by atoms with Crippen LogP contribution in [-0.2, 0) is 13.0 Å². The molecule has 0 aliphatic carbocycles. The number of rotatable bonds is 9. The van der Waals surface area contributed by atoms with Crippen molar-refractivity contribution < 1.29 is 9.90 Å². The lowest BCUT2D eigenvalue weighted by atomic mass is 9.98. The van der Waals surface area contributed by atoms with Gasteiger partial charge in [-0.1, -0.05) is 32.9 Å². The van der Waals surface area contributed by atoms with Gasteiger partial charge >= 0.3 is 0 Å². The van der Waals surface area contributed by atoms with Gasteiger partial charge in [-0.15, -0.1) is 11.3 Å². The second kappa shape index (κ2) is 10.6. The zero-order valence-corrected chi connectivity index (χ0v) is 22.2. The van der Waals surface area contributed by atoms with Crippen LogP contribution in [0, 0.1) is 11.8 Å². The van der Waals surface area contributed by atoms with Gasteiger partial charge < -0.3 is 15.3 Å². The molecule has 7 heteroatoms. The molecule has 0 spiro atoms. The number of hydrogen-bond donors (Lipinski definition) is 2. The van der Waals surface area contributed by atoms with Gasteiger partial charge in [-0.25, -0.2) is 0 Å². The fourth-order valence-electron chi connectivity index (χ4n) is 4.21. The van der Waals surface area contributed by atoms with Gasteiger partial charge in [0.2, 0.25) is 0 Å². The van der Waals surface area contributed by atoms with Crippen LogP contribution in [0.15, 0.2) is 46.5 Å². The van der Waals surface area contributed by atoms with Crippen LogP contribution in [0.4, 0.5) is 5.69 Å². The maximum Gasteiger partial charge on any atom is 0.288 e. The summed E-state index contributed by atoms with van der Waals surface area (Å²) in [5.74, 6) is 1.71. The van der Waals surface area contributed by atoms with Crippen LogP contribution in [0.25, 0.3) is 5.57 Å². The van der Waals surface area contributed by atoms with E-state index in [4.69, 9.17) is 0 Å². The van der Waals surface area contributed by atoms with Crippen LogP contribution < -0.4 is 10.2 Å². The molecule has 2 aromatic rings. The molecule has 2 N–H and O–H groups in total. The number of carbonyl (C=O) groups excluding carboxylic acids is 1. The molecule has 0 radical (unpaired) electrons. The van der Waals surface area contributed by atoms with Crippen molar-refractivity contribution in [1.82, 2.24) is 5.32 Å². The molecule has 0 saturated heterocycles. The van der Waals surface area contributed by atoms with Gasteiger partial charge in [-0.05, 0) is 67.1 Å². The van der Waals surface area contributed by atoms with Crippen LogP contribution in [-0.4, -0.2) is 41.8 Å². The normalized spacial score (nSPS) is 17.4. The molecule has 0 fully saturated rings. The van der Waals surface area contributed by atoms with E-state index < -0.39 is 5.60 Å². The van der Waals surface area contributed by atoms with Gasteiger partial charge in [0, 0.05) is 42.4 Å². The Balaban J connectivity index is 1.52. The molecule has 6 nitrogen and oxygen atoms in total. The highest BCUT2D eigenvalue weighted by Crippen LogP contribution is 2.33. The predicted octanol–water partition coefficient (Wildman–Crippen LogP) is 5.32. The SMILES string of the molecule is CC(C)C(C)CNCc1ccc2c(c1)CC(=NC(=O)c1ccc(C3=CN=CC3)s1)N2CC(C)(C)O. The van der Waals surface area contributed by atoms with E-state index in [-0.39, 0.29) is 5.91 Å². The molecule has 2 aliphatic rings. The predicted molar refractivity (Wildman–Crippen MR) is 147 cm³/mol. The van der Waals surface area contributed by atoms with E-state index in [1.54, 1.807) is 13.8 Å². The Kier molecular flexibility index (Phi) is 7.69. The molecular weight excluding hydrogens is 456 g/mol. The Morgan fingerprint density at radius 3 is 2.74 bits per heavy atom. The third-order valence-electron chi connectivity index (χ3n) is 6.58. The number of amidine groups is 1. The number of nitrogens with zero attached hydrogens (tertiary/aromatic N) is 3. The maximum absolute atomic E-state index is 13.1. The van der Waals surface area contributed by atoms with Crippen LogP contribution in [0.2, 0.25) is 0 Å². The molecule has 186 valence electrons. The molecule has 3 heterocycles. The van der Waals surface area contributed by atoms with Crippen molar-refractivity contribution in [2.24, 2.45) is 21.8 Å². The first-order valence-electron chi connectivity index (χ1n) is 12.4. The lowest BCUT2D eigenvalue weighted by Gasteiger charge is -2.28. The Bertz CT molecular complexity index is 1170. The van der Waals surface area contributed by atoms with Crippen molar-refractivity contribution in [3.8, 4) is 0 Å². The topological polar surface area (TPSA) is 77.3 Å². The summed E-state index contributed by atoms with van der Waals surface area (Å²) in [4.78, 5) is 25.4. The Morgan fingerprint density at radius 1 is 1.26 bits per heavy atom. The summed E-state index contributed by atoms with van der Waals surface area (Å²) in [5.41, 5.74) is 3.56. The van der Waals surface area contributed by atoms with Gasteiger partial charge in [0.25, 0.3) is 5.91 Å². The molecule has 0 bridgehead atoms. The molecule has 1 aromatic carbocycles. The number of β-amino-alcohol motifs (C(OH)–C–C–N with tert-alkyl or cyclic N) is 1. The maximum atomic E-state index is 13.1. The smallest absolute Gasteiger partial charge is 0.288 e. The average molecular weight is 493 g/mol. The van der Waals surface area contributed by atoms with Gasteiger partial charge in [0.1, 0.15) is 5.84 Å². The van der Waals surface area contributed by atoms with E-state index in [0.717, 1.165) is 41.2 Å². The largest absolute Gasteiger partial charge is 0.389 e. The molecule has 1 amide bonds. The quantitative estimate of drug-likeness (QED) is 0.497. The fourth-order valence-corrected chi connectivity index (χ4v) is 5.12. The number of fused-ring (bicyclic) bond motifs is 1. The first kappa shape index (κ1) is 25.5.